The molecule has 1 aliphatic heterocycles. The second-order valence-corrected chi connectivity index (χ2v) is 8.41. The van der Waals surface area contributed by atoms with Gasteiger partial charge in [-0.25, -0.2) is 4.79 Å². The van der Waals surface area contributed by atoms with Crippen LogP contribution in [0.5, 0.6) is 0 Å². The number of hydrogen-bond donors (Lipinski definition) is 0. The van der Waals surface area contributed by atoms with Gasteiger partial charge in [0.2, 0.25) is 0 Å². The Labute approximate surface area is 157 Å². The number of likely N-dealkylation sites (tertiary alicyclic amines) is 1. The van der Waals surface area contributed by atoms with Crippen LogP contribution in [0.1, 0.15) is 26.3 Å². The molecule has 0 bridgehead atoms. The summed E-state index contributed by atoms with van der Waals surface area (Å²) in [5.41, 5.74) is 0.329. The lowest BCUT2D eigenvalue weighted by atomic mass is 9.93. The smallest absolute Gasteiger partial charge is 0.410 e. The third-order valence-electron chi connectivity index (χ3n) is 4.89. The molecule has 0 spiro atoms. The Hall–Kier alpha value is -1.46. The molecule has 1 aliphatic carbocycles. The first-order valence-electron chi connectivity index (χ1n) is 8.19. The zero-order valence-electron chi connectivity index (χ0n) is 14.8. The fraction of sp³-hybridized carbons (Fsp3) is 0.556. The molecule has 0 N–H and O–H groups in total. The van der Waals surface area contributed by atoms with E-state index in [1.165, 1.54) is 7.11 Å². The molecule has 1 amide bonds. The molecule has 2 aliphatic rings. The number of piperidine rings is 1. The molecular formula is C18H22Cl2N2O3. The number of ether oxygens (including phenoxy) is 1. The van der Waals surface area contributed by atoms with Gasteiger partial charge in [0.15, 0.2) is 0 Å². The molecule has 1 saturated carbocycles. The average Bonchev–Trinajstić information content (AvgIpc) is 2.92. The summed E-state index contributed by atoms with van der Waals surface area (Å²) in [6.07, 6.45) is 1.53. The first-order chi connectivity index (χ1) is 11.7. The Morgan fingerprint density at radius 1 is 1.36 bits per heavy atom. The summed E-state index contributed by atoms with van der Waals surface area (Å²) < 4.78 is 5.51. The van der Waals surface area contributed by atoms with Crippen molar-refractivity contribution in [2.75, 3.05) is 20.2 Å². The Morgan fingerprint density at radius 3 is 2.68 bits per heavy atom. The van der Waals surface area contributed by atoms with E-state index in [1.54, 1.807) is 11.0 Å². The number of oxime groups is 1. The number of halogens is 2. The highest BCUT2D eigenvalue weighted by atomic mass is 35.5. The van der Waals surface area contributed by atoms with Gasteiger partial charge in [0.1, 0.15) is 12.7 Å². The Kier molecular flexibility index (Phi) is 4.67. The second-order valence-electron chi connectivity index (χ2n) is 7.60. The third-order valence-corrected chi connectivity index (χ3v) is 5.63. The van der Waals surface area contributed by atoms with Crippen molar-refractivity contribution in [3.63, 3.8) is 0 Å². The monoisotopic (exact) mass is 384 g/mol. The minimum atomic E-state index is -0.516. The van der Waals surface area contributed by atoms with Crippen LogP contribution >= 0.6 is 23.2 Å². The summed E-state index contributed by atoms with van der Waals surface area (Å²) in [6.45, 7) is 6.78. The summed E-state index contributed by atoms with van der Waals surface area (Å²) in [4.78, 5) is 19.0. The highest BCUT2D eigenvalue weighted by molar-refractivity contribution is 6.42. The van der Waals surface area contributed by atoms with Crippen LogP contribution < -0.4 is 0 Å². The number of nitrogens with zero attached hydrogens (tertiary/aromatic N) is 2. The molecule has 3 atom stereocenters. The van der Waals surface area contributed by atoms with E-state index >= 15 is 0 Å². The lowest BCUT2D eigenvalue weighted by molar-refractivity contribution is 0.0266. The van der Waals surface area contributed by atoms with Crippen molar-refractivity contribution in [1.82, 2.24) is 4.90 Å². The molecule has 25 heavy (non-hydrogen) atoms. The number of amides is 1. The highest BCUT2D eigenvalue weighted by Crippen LogP contribution is 2.63. The normalized spacial score (nSPS) is 28.2. The Morgan fingerprint density at radius 2 is 2.08 bits per heavy atom. The van der Waals surface area contributed by atoms with E-state index in [9.17, 15) is 4.79 Å². The first kappa shape index (κ1) is 18.3. The number of fused-ring (bicyclic) bond motifs is 1. The van der Waals surface area contributed by atoms with Crippen molar-refractivity contribution in [3.8, 4) is 0 Å². The molecule has 1 heterocycles. The Balaban J connectivity index is 1.86. The van der Waals surface area contributed by atoms with E-state index in [4.69, 9.17) is 32.8 Å². The molecule has 5 nitrogen and oxygen atoms in total. The summed E-state index contributed by atoms with van der Waals surface area (Å²) >= 11 is 12.3. The predicted octanol–water partition coefficient (Wildman–Crippen LogP) is 4.36. The molecule has 0 radical (unpaired) electrons. The van der Waals surface area contributed by atoms with Gasteiger partial charge in [-0.2, -0.15) is 0 Å². The first-order valence-corrected chi connectivity index (χ1v) is 8.95. The van der Waals surface area contributed by atoms with Gasteiger partial charge in [0.05, 0.1) is 10.0 Å². The maximum absolute atomic E-state index is 12.4. The number of carbonyl (C=O) groups is 1. The zero-order chi connectivity index (χ0) is 18.4. The maximum atomic E-state index is 12.4. The van der Waals surface area contributed by atoms with Crippen molar-refractivity contribution in [1.29, 1.82) is 0 Å². The van der Waals surface area contributed by atoms with Crippen LogP contribution in [0, 0.1) is 11.8 Å². The van der Waals surface area contributed by atoms with Crippen molar-refractivity contribution in [2.45, 2.75) is 31.8 Å². The number of benzene rings is 1. The van der Waals surface area contributed by atoms with Gasteiger partial charge in [-0.1, -0.05) is 34.4 Å². The van der Waals surface area contributed by atoms with Crippen LogP contribution in [-0.4, -0.2) is 43.0 Å². The van der Waals surface area contributed by atoms with Crippen LogP contribution in [0.4, 0.5) is 4.79 Å². The number of rotatable bonds is 3. The average molecular weight is 385 g/mol. The molecule has 3 rings (SSSR count). The lowest BCUT2D eigenvalue weighted by Gasteiger charge is -2.27. The van der Waals surface area contributed by atoms with Gasteiger partial charge in [-0.05, 0) is 44.4 Å². The quantitative estimate of drug-likeness (QED) is 0.574. The van der Waals surface area contributed by atoms with Crippen LogP contribution in [0.2, 0.25) is 10.0 Å². The molecule has 1 saturated heterocycles. The Bertz CT molecular complexity index is 717. The van der Waals surface area contributed by atoms with Gasteiger partial charge in [-0.3, -0.25) is 0 Å². The van der Waals surface area contributed by atoms with Gasteiger partial charge in [0, 0.05) is 30.6 Å². The number of carbonyl (C=O) groups excluding carboxylic acids is 1. The van der Waals surface area contributed by atoms with E-state index in [-0.39, 0.29) is 23.3 Å². The maximum Gasteiger partial charge on any atom is 0.410 e. The molecule has 2 fully saturated rings. The van der Waals surface area contributed by atoms with Crippen LogP contribution in [0.3, 0.4) is 0 Å². The van der Waals surface area contributed by atoms with Crippen LogP contribution in [0.25, 0.3) is 0 Å². The minimum absolute atomic E-state index is 0.198. The molecular weight excluding hydrogens is 363 g/mol. The van der Waals surface area contributed by atoms with E-state index < -0.39 is 5.60 Å². The van der Waals surface area contributed by atoms with Crippen molar-refractivity contribution >= 4 is 35.5 Å². The SMILES string of the molecule is CON=CC1C2CN(C(=O)OC(C)(C)C)CC12c1ccc(Cl)c(Cl)c1. The standard InChI is InChI=1S/C18H22Cl2N2O3/c1-17(2,3)25-16(23)22-9-13-12(8-21-24-4)18(13,10-22)11-5-6-14(19)15(20)7-11/h5-8,12-13H,9-10H2,1-4H3. The summed E-state index contributed by atoms with van der Waals surface area (Å²) in [6, 6.07) is 5.65. The molecule has 1 aromatic rings. The second kappa shape index (κ2) is 6.36. The molecule has 1 aromatic carbocycles. The summed E-state index contributed by atoms with van der Waals surface area (Å²) in [5.74, 6) is 0.458. The van der Waals surface area contributed by atoms with Gasteiger partial charge in [-0.15, -0.1) is 0 Å². The van der Waals surface area contributed by atoms with E-state index in [0.717, 1.165) is 5.56 Å². The minimum Gasteiger partial charge on any atom is -0.444 e. The topological polar surface area (TPSA) is 51.1 Å². The van der Waals surface area contributed by atoms with Crippen molar-refractivity contribution in [2.24, 2.45) is 17.0 Å². The van der Waals surface area contributed by atoms with Gasteiger partial charge >= 0.3 is 6.09 Å². The van der Waals surface area contributed by atoms with E-state index in [2.05, 4.69) is 5.16 Å². The number of hydrogen-bond acceptors (Lipinski definition) is 4. The van der Waals surface area contributed by atoms with Crippen LogP contribution in [0.15, 0.2) is 23.4 Å². The highest BCUT2D eigenvalue weighted by Gasteiger charge is 2.70. The summed E-state index contributed by atoms with van der Waals surface area (Å²) in [5, 5.41) is 4.97. The molecule has 7 heteroatoms. The third kappa shape index (κ3) is 3.32. The largest absolute Gasteiger partial charge is 0.444 e. The lowest BCUT2D eigenvalue weighted by Crippen LogP contribution is -2.39. The zero-order valence-corrected chi connectivity index (χ0v) is 16.3. The van der Waals surface area contributed by atoms with Crippen LogP contribution in [-0.2, 0) is 15.0 Å². The molecule has 136 valence electrons. The van der Waals surface area contributed by atoms with Gasteiger partial charge in [0.25, 0.3) is 0 Å². The van der Waals surface area contributed by atoms with Crippen molar-refractivity contribution in [3.05, 3.63) is 33.8 Å². The molecule has 3 unspecified atom stereocenters. The van der Waals surface area contributed by atoms with E-state index in [0.29, 0.717) is 23.1 Å². The predicted molar refractivity (Wildman–Crippen MR) is 98.4 cm³/mol. The van der Waals surface area contributed by atoms with E-state index in [1.807, 2.05) is 39.1 Å². The fourth-order valence-corrected chi connectivity index (χ4v) is 4.08. The summed E-state index contributed by atoms with van der Waals surface area (Å²) in [7, 11) is 1.52. The van der Waals surface area contributed by atoms with Crippen molar-refractivity contribution < 1.29 is 14.4 Å². The fourth-order valence-electron chi connectivity index (χ4n) is 3.78. The van der Waals surface area contributed by atoms with Gasteiger partial charge < -0.3 is 14.5 Å². The molecule has 0 aromatic heterocycles.